The summed E-state index contributed by atoms with van der Waals surface area (Å²) >= 11 is 6.15. The van der Waals surface area contributed by atoms with Crippen molar-refractivity contribution in [3.63, 3.8) is 0 Å². The third-order valence-corrected chi connectivity index (χ3v) is 3.77. The number of carbonyl (C=O) groups is 1. The average molecular weight is 297 g/mol. The van der Waals surface area contributed by atoms with Gasteiger partial charge in [-0.05, 0) is 43.5 Å². The van der Waals surface area contributed by atoms with Crippen LogP contribution in [0.4, 0.5) is 5.69 Å². The average Bonchev–Trinajstić information content (AvgIpc) is 2.84. The van der Waals surface area contributed by atoms with Gasteiger partial charge in [0, 0.05) is 5.69 Å². The number of ether oxygens (including phenoxy) is 1. The van der Waals surface area contributed by atoms with E-state index in [2.05, 4.69) is 17.6 Å². The summed E-state index contributed by atoms with van der Waals surface area (Å²) in [5.41, 5.74) is 0.699. The number of carbonyl (C=O) groups excluding carboxylic acids is 1. The number of halogens is 1. The molecule has 1 fully saturated rings. The van der Waals surface area contributed by atoms with Gasteiger partial charge in [-0.3, -0.25) is 4.79 Å². The number of amides is 1. The normalized spacial score (nSPS) is 21.8. The summed E-state index contributed by atoms with van der Waals surface area (Å²) < 4.78 is 5.51. The van der Waals surface area contributed by atoms with Gasteiger partial charge >= 0.3 is 0 Å². The molecule has 0 saturated carbocycles. The highest BCUT2D eigenvalue weighted by molar-refractivity contribution is 6.32. The van der Waals surface area contributed by atoms with Crippen molar-refractivity contribution in [2.75, 3.05) is 18.5 Å². The predicted octanol–water partition coefficient (Wildman–Crippen LogP) is 3.07. The van der Waals surface area contributed by atoms with E-state index in [9.17, 15) is 4.79 Å². The van der Waals surface area contributed by atoms with Gasteiger partial charge < -0.3 is 15.4 Å². The van der Waals surface area contributed by atoms with Crippen molar-refractivity contribution < 1.29 is 9.53 Å². The maximum Gasteiger partial charge on any atom is 0.241 e. The molecule has 0 bridgehead atoms. The Kier molecular flexibility index (Phi) is 5.26. The molecule has 0 aromatic heterocycles. The minimum Gasteiger partial charge on any atom is -0.492 e. The minimum atomic E-state index is -0.121. The predicted molar refractivity (Wildman–Crippen MR) is 81.4 cm³/mol. The van der Waals surface area contributed by atoms with Crippen LogP contribution in [0, 0.1) is 5.92 Å². The SMILES string of the molecule is CCCOc1ccc(NC(=O)C2NCCC2C)cc1Cl. The number of hydrogen-bond donors (Lipinski definition) is 2. The fraction of sp³-hybridized carbons (Fsp3) is 0.533. The van der Waals surface area contributed by atoms with Crippen molar-refractivity contribution in [2.45, 2.75) is 32.7 Å². The van der Waals surface area contributed by atoms with E-state index in [1.165, 1.54) is 0 Å². The van der Waals surface area contributed by atoms with E-state index in [-0.39, 0.29) is 11.9 Å². The Bertz CT molecular complexity index is 479. The van der Waals surface area contributed by atoms with E-state index < -0.39 is 0 Å². The monoisotopic (exact) mass is 296 g/mol. The van der Waals surface area contributed by atoms with Gasteiger partial charge in [0.2, 0.25) is 5.91 Å². The molecule has 0 radical (unpaired) electrons. The van der Waals surface area contributed by atoms with Crippen molar-refractivity contribution in [1.82, 2.24) is 5.32 Å². The molecule has 1 heterocycles. The fourth-order valence-corrected chi connectivity index (χ4v) is 2.55. The van der Waals surface area contributed by atoms with E-state index in [0.29, 0.717) is 29.0 Å². The zero-order valence-electron chi connectivity index (χ0n) is 11.9. The molecule has 2 unspecified atom stereocenters. The van der Waals surface area contributed by atoms with Crippen LogP contribution in [-0.2, 0) is 4.79 Å². The molecule has 2 rings (SSSR count). The molecule has 2 N–H and O–H groups in total. The van der Waals surface area contributed by atoms with Gasteiger partial charge in [0.25, 0.3) is 0 Å². The Balaban J connectivity index is 1.99. The maximum absolute atomic E-state index is 12.1. The summed E-state index contributed by atoms with van der Waals surface area (Å²) in [6, 6.07) is 5.21. The molecule has 0 spiro atoms. The van der Waals surface area contributed by atoms with E-state index >= 15 is 0 Å². The van der Waals surface area contributed by atoms with Crippen LogP contribution < -0.4 is 15.4 Å². The van der Waals surface area contributed by atoms with Crippen LogP contribution in [0.25, 0.3) is 0 Å². The van der Waals surface area contributed by atoms with E-state index in [1.54, 1.807) is 12.1 Å². The fourth-order valence-electron chi connectivity index (χ4n) is 2.31. The third-order valence-electron chi connectivity index (χ3n) is 3.48. The summed E-state index contributed by atoms with van der Waals surface area (Å²) in [6.45, 7) is 5.65. The highest BCUT2D eigenvalue weighted by Crippen LogP contribution is 2.28. The smallest absolute Gasteiger partial charge is 0.241 e. The Labute approximate surface area is 124 Å². The van der Waals surface area contributed by atoms with Gasteiger partial charge in [0.15, 0.2) is 0 Å². The second-order valence-corrected chi connectivity index (χ2v) is 5.59. The number of anilines is 1. The lowest BCUT2D eigenvalue weighted by molar-refractivity contribution is -0.118. The van der Waals surface area contributed by atoms with Crippen LogP contribution in [-0.4, -0.2) is 25.1 Å². The van der Waals surface area contributed by atoms with Gasteiger partial charge in [-0.25, -0.2) is 0 Å². The molecule has 0 aliphatic carbocycles. The molecule has 110 valence electrons. The zero-order valence-corrected chi connectivity index (χ0v) is 12.7. The first-order chi connectivity index (χ1) is 9.61. The molecule has 1 saturated heterocycles. The lowest BCUT2D eigenvalue weighted by Gasteiger charge is -2.16. The second kappa shape index (κ2) is 6.95. The molecule has 20 heavy (non-hydrogen) atoms. The number of benzene rings is 1. The molecule has 1 aliphatic heterocycles. The second-order valence-electron chi connectivity index (χ2n) is 5.18. The van der Waals surface area contributed by atoms with Crippen LogP contribution >= 0.6 is 11.6 Å². The van der Waals surface area contributed by atoms with Crippen molar-refractivity contribution in [2.24, 2.45) is 5.92 Å². The van der Waals surface area contributed by atoms with Crippen molar-refractivity contribution in [3.05, 3.63) is 23.2 Å². The highest BCUT2D eigenvalue weighted by Gasteiger charge is 2.29. The largest absolute Gasteiger partial charge is 0.492 e. The zero-order chi connectivity index (χ0) is 14.5. The molecule has 1 aliphatic rings. The number of nitrogens with one attached hydrogen (secondary N) is 2. The Hall–Kier alpha value is -1.26. The van der Waals surface area contributed by atoms with Gasteiger partial charge in [-0.2, -0.15) is 0 Å². The lowest BCUT2D eigenvalue weighted by atomic mass is 10.0. The van der Waals surface area contributed by atoms with Crippen molar-refractivity contribution in [1.29, 1.82) is 0 Å². The molecule has 2 atom stereocenters. The lowest BCUT2D eigenvalue weighted by Crippen LogP contribution is -2.39. The van der Waals surface area contributed by atoms with Gasteiger partial charge in [-0.15, -0.1) is 0 Å². The van der Waals surface area contributed by atoms with Gasteiger partial charge in [0.05, 0.1) is 17.7 Å². The molecule has 5 heteroatoms. The standard InChI is InChI=1S/C15H21ClN2O2/c1-3-8-20-13-5-4-11(9-12(13)16)18-15(19)14-10(2)6-7-17-14/h4-5,9-10,14,17H,3,6-8H2,1-2H3,(H,18,19). The quantitative estimate of drug-likeness (QED) is 0.878. The highest BCUT2D eigenvalue weighted by atomic mass is 35.5. The van der Waals surface area contributed by atoms with E-state index in [4.69, 9.17) is 16.3 Å². The molecular weight excluding hydrogens is 276 g/mol. The molecule has 1 amide bonds. The molecule has 4 nitrogen and oxygen atoms in total. The summed E-state index contributed by atoms with van der Waals surface area (Å²) in [5, 5.41) is 6.62. The molecular formula is C15H21ClN2O2. The Morgan fingerprint density at radius 1 is 1.55 bits per heavy atom. The van der Waals surface area contributed by atoms with Crippen LogP contribution in [0.1, 0.15) is 26.7 Å². The minimum absolute atomic E-state index is 0.00621. The van der Waals surface area contributed by atoms with Gasteiger partial charge in [0.1, 0.15) is 5.75 Å². The van der Waals surface area contributed by atoms with Crippen LogP contribution in [0.3, 0.4) is 0 Å². The van der Waals surface area contributed by atoms with Crippen molar-refractivity contribution >= 4 is 23.2 Å². The summed E-state index contributed by atoms with van der Waals surface area (Å²) in [5.74, 6) is 1.00. The van der Waals surface area contributed by atoms with E-state index in [1.807, 2.05) is 13.0 Å². The first-order valence-corrected chi connectivity index (χ1v) is 7.46. The molecule has 1 aromatic carbocycles. The maximum atomic E-state index is 12.1. The number of hydrogen-bond acceptors (Lipinski definition) is 3. The van der Waals surface area contributed by atoms with E-state index in [0.717, 1.165) is 19.4 Å². The molecule has 1 aromatic rings. The summed E-state index contributed by atoms with van der Waals surface area (Å²) in [4.78, 5) is 12.1. The van der Waals surface area contributed by atoms with Crippen molar-refractivity contribution in [3.8, 4) is 5.75 Å². The van der Waals surface area contributed by atoms with Crippen LogP contribution in [0.5, 0.6) is 5.75 Å². The number of rotatable bonds is 5. The topological polar surface area (TPSA) is 50.4 Å². The first kappa shape index (κ1) is 15.1. The Morgan fingerprint density at radius 3 is 2.95 bits per heavy atom. The summed E-state index contributed by atoms with van der Waals surface area (Å²) in [6.07, 6.45) is 1.96. The third kappa shape index (κ3) is 3.64. The first-order valence-electron chi connectivity index (χ1n) is 7.08. The Morgan fingerprint density at radius 2 is 2.35 bits per heavy atom. The van der Waals surface area contributed by atoms with Gasteiger partial charge in [-0.1, -0.05) is 25.4 Å². The van der Waals surface area contributed by atoms with Crippen LogP contribution in [0.2, 0.25) is 5.02 Å². The summed E-state index contributed by atoms with van der Waals surface area (Å²) in [7, 11) is 0. The van der Waals surface area contributed by atoms with Crippen LogP contribution in [0.15, 0.2) is 18.2 Å².